The number of carbonyl (C=O) groups excluding carboxylic acids is 2. The standard InChI is InChI=1S/C23H31N7O6S2/c24-23(25)27-11-5-4-10-26-20(32)21-28-14-15(37-21)13-17(22(33)34)29-19(31)18-9-6-12-30(18)38(35,36)16-7-2-1-3-8-16/h1-3,7-8,14,17-18H,4-6,9-13H2,(H,26,32)(H,29,31)(H,33,34)(H4,24,25,27)/t17-,18-/m0/s1. The van der Waals surface area contributed by atoms with Gasteiger partial charge in [0.05, 0.1) is 4.90 Å². The summed E-state index contributed by atoms with van der Waals surface area (Å²) in [6.07, 6.45) is 3.40. The van der Waals surface area contributed by atoms with E-state index < -0.39 is 39.9 Å². The van der Waals surface area contributed by atoms with Crippen LogP contribution < -0.4 is 21.7 Å². The van der Waals surface area contributed by atoms with Gasteiger partial charge in [-0.1, -0.05) is 18.2 Å². The predicted octanol–water partition coefficient (Wildman–Crippen LogP) is 0.101. The van der Waals surface area contributed by atoms with Gasteiger partial charge < -0.3 is 26.8 Å². The Hall–Kier alpha value is -3.56. The van der Waals surface area contributed by atoms with E-state index in [9.17, 15) is 27.9 Å². The number of carboxylic acids is 1. The van der Waals surface area contributed by atoms with Crippen LogP contribution in [0, 0.1) is 5.41 Å². The number of guanidine groups is 1. The third-order valence-corrected chi connectivity index (χ3v) is 8.77. The number of carbonyl (C=O) groups is 3. The molecule has 1 aliphatic heterocycles. The number of unbranched alkanes of at least 4 members (excludes halogenated alkanes) is 1. The van der Waals surface area contributed by atoms with Crippen LogP contribution in [0.2, 0.25) is 0 Å². The molecule has 1 aromatic heterocycles. The Kier molecular flexibility index (Phi) is 10.2. The molecule has 3 rings (SSSR count). The molecule has 2 aromatic rings. The van der Waals surface area contributed by atoms with Crippen LogP contribution in [0.4, 0.5) is 0 Å². The van der Waals surface area contributed by atoms with Gasteiger partial charge >= 0.3 is 5.97 Å². The van der Waals surface area contributed by atoms with Crippen molar-refractivity contribution in [3.8, 4) is 0 Å². The summed E-state index contributed by atoms with van der Waals surface area (Å²) in [6.45, 7) is 1.07. The highest BCUT2D eigenvalue weighted by Crippen LogP contribution is 2.26. The van der Waals surface area contributed by atoms with Gasteiger partial charge in [0.2, 0.25) is 15.9 Å². The first-order valence-corrected chi connectivity index (χ1v) is 14.3. The maximum Gasteiger partial charge on any atom is 0.326 e. The fourth-order valence-corrected chi connectivity index (χ4v) is 6.50. The third-order valence-electron chi connectivity index (χ3n) is 5.83. The first kappa shape index (κ1) is 29.0. The molecule has 0 unspecified atom stereocenters. The molecule has 13 nitrogen and oxygen atoms in total. The number of carboxylic acid groups (broad SMARTS) is 1. The molecule has 1 aliphatic rings. The molecule has 1 aromatic carbocycles. The smallest absolute Gasteiger partial charge is 0.326 e. The quantitative estimate of drug-likeness (QED) is 0.110. The van der Waals surface area contributed by atoms with Gasteiger partial charge in [0, 0.05) is 37.1 Å². The van der Waals surface area contributed by atoms with Gasteiger partial charge in [-0.3, -0.25) is 15.0 Å². The van der Waals surface area contributed by atoms with Gasteiger partial charge in [-0.2, -0.15) is 4.31 Å². The second-order valence-electron chi connectivity index (χ2n) is 8.63. The summed E-state index contributed by atoms with van der Waals surface area (Å²) >= 11 is 1.02. The highest BCUT2D eigenvalue weighted by molar-refractivity contribution is 7.89. The van der Waals surface area contributed by atoms with Crippen molar-refractivity contribution in [3.05, 3.63) is 46.4 Å². The molecule has 15 heteroatoms. The van der Waals surface area contributed by atoms with E-state index in [1.165, 1.54) is 18.3 Å². The van der Waals surface area contributed by atoms with Crippen molar-refractivity contribution < 1.29 is 27.9 Å². The highest BCUT2D eigenvalue weighted by atomic mass is 32.2. The molecule has 0 saturated carbocycles. The molecule has 2 amide bonds. The number of thiazole rings is 1. The second-order valence-corrected chi connectivity index (χ2v) is 11.6. The van der Waals surface area contributed by atoms with Crippen LogP contribution in [0.1, 0.15) is 40.4 Å². The minimum atomic E-state index is -3.92. The number of hydrogen-bond donors (Lipinski definition) is 6. The van der Waals surface area contributed by atoms with E-state index >= 15 is 0 Å². The average Bonchev–Trinajstić information content (AvgIpc) is 3.56. The lowest BCUT2D eigenvalue weighted by Gasteiger charge is -2.25. The predicted molar refractivity (Wildman–Crippen MR) is 140 cm³/mol. The molecule has 2 atom stereocenters. The minimum absolute atomic E-state index is 0.0673. The van der Waals surface area contributed by atoms with Gasteiger partial charge in [-0.15, -0.1) is 11.3 Å². The first-order chi connectivity index (χ1) is 18.1. The number of benzene rings is 1. The van der Waals surface area contributed by atoms with Crippen LogP contribution in [0.5, 0.6) is 0 Å². The van der Waals surface area contributed by atoms with Crippen LogP contribution in [0.3, 0.4) is 0 Å². The van der Waals surface area contributed by atoms with E-state index in [-0.39, 0.29) is 35.2 Å². The van der Waals surface area contributed by atoms with E-state index in [1.54, 1.807) is 18.2 Å². The number of hydrogen-bond acceptors (Lipinski definition) is 8. The fourth-order valence-electron chi connectivity index (χ4n) is 3.94. The molecule has 0 radical (unpaired) electrons. The summed E-state index contributed by atoms with van der Waals surface area (Å²) in [6, 6.07) is 5.44. The number of aliphatic carboxylic acids is 1. The summed E-state index contributed by atoms with van der Waals surface area (Å²) in [5, 5.41) is 24.8. The molecule has 206 valence electrons. The number of amides is 2. The van der Waals surface area contributed by atoms with Crippen LogP contribution >= 0.6 is 11.3 Å². The fraction of sp³-hybridized carbons (Fsp3) is 0.435. The zero-order valence-corrected chi connectivity index (χ0v) is 22.2. The summed E-state index contributed by atoms with van der Waals surface area (Å²) in [7, 11) is -3.92. The van der Waals surface area contributed by atoms with Crippen molar-refractivity contribution in [2.75, 3.05) is 19.6 Å². The zero-order valence-electron chi connectivity index (χ0n) is 20.6. The monoisotopic (exact) mass is 565 g/mol. The van der Waals surface area contributed by atoms with Crippen molar-refractivity contribution in [2.45, 2.75) is 49.1 Å². The number of aromatic nitrogens is 1. The molecular weight excluding hydrogens is 534 g/mol. The van der Waals surface area contributed by atoms with E-state index in [2.05, 4.69) is 20.9 Å². The van der Waals surface area contributed by atoms with Crippen LogP contribution in [0.15, 0.2) is 41.4 Å². The number of nitrogens with one attached hydrogen (secondary N) is 4. The lowest BCUT2D eigenvalue weighted by molar-refractivity contribution is -0.142. The number of nitrogens with two attached hydrogens (primary N) is 1. The maximum absolute atomic E-state index is 13.0. The van der Waals surface area contributed by atoms with E-state index in [0.717, 1.165) is 15.6 Å². The Morgan fingerprint density at radius 2 is 1.87 bits per heavy atom. The number of sulfonamides is 1. The Bertz CT molecular complexity index is 1250. The Morgan fingerprint density at radius 1 is 1.18 bits per heavy atom. The van der Waals surface area contributed by atoms with Gasteiger partial charge in [0.15, 0.2) is 11.0 Å². The number of nitrogens with zero attached hydrogens (tertiary/aromatic N) is 2. The van der Waals surface area contributed by atoms with E-state index in [1.807, 2.05) is 0 Å². The van der Waals surface area contributed by atoms with Crippen molar-refractivity contribution in [2.24, 2.45) is 5.73 Å². The number of rotatable bonds is 13. The van der Waals surface area contributed by atoms with Gasteiger partial charge in [0.25, 0.3) is 5.91 Å². The molecule has 0 spiro atoms. The van der Waals surface area contributed by atoms with Crippen molar-refractivity contribution in [1.82, 2.24) is 25.2 Å². The van der Waals surface area contributed by atoms with Gasteiger partial charge in [-0.05, 0) is 37.8 Å². The Balaban J connectivity index is 1.57. The largest absolute Gasteiger partial charge is 0.480 e. The maximum atomic E-state index is 13.0. The Morgan fingerprint density at radius 3 is 2.53 bits per heavy atom. The van der Waals surface area contributed by atoms with Gasteiger partial charge in [0.1, 0.15) is 12.1 Å². The van der Waals surface area contributed by atoms with Crippen molar-refractivity contribution in [3.63, 3.8) is 0 Å². The summed E-state index contributed by atoms with van der Waals surface area (Å²) in [4.78, 5) is 41.8. The van der Waals surface area contributed by atoms with Crippen LogP contribution in [-0.4, -0.2) is 78.3 Å². The summed E-state index contributed by atoms with van der Waals surface area (Å²) in [5.74, 6) is -2.48. The molecular formula is C23H31N7O6S2. The normalized spacial score (nSPS) is 16.5. The van der Waals surface area contributed by atoms with E-state index in [0.29, 0.717) is 37.2 Å². The summed E-state index contributed by atoms with van der Waals surface area (Å²) < 4.78 is 27.2. The molecule has 1 saturated heterocycles. The zero-order chi connectivity index (χ0) is 27.7. The van der Waals surface area contributed by atoms with Crippen LogP contribution in [0.25, 0.3) is 0 Å². The highest BCUT2D eigenvalue weighted by Gasteiger charge is 2.40. The lowest BCUT2D eigenvalue weighted by atomic mass is 10.1. The summed E-state index contributed by atoms with van der Waals surface area (Å²) in [5.41, 5.74) is 5.20. The lowest BCUT2D eigenvalue weighted by Crippen LogP contribution is -2.51. The minimum Gasteiger partial charge on any atom is -0.480 e. The Labute approximate surface area is 224 Å². The second kappa shape index (κ2) is 13.3. The average molecular weight is 566 g/mol. The van der Waals surface area contributed by atoms with E-state index in [4.69, 9.17) is 11.1 Å². The topological polar surface area (TPSA) is 208 Å². The van der Waals surface area contributed by atoms with Crippen LogP contribution in [-0.2, 0) is 26.0 Å². The molecule has 38 heavy (non-hydrogen) atoms. The third kappa shape index (κ3) is 7.72. The molecule has 1 fully saturated rings. The molecule has 0 aliphatic carbocycles. The first-order valence-electron chi connectivity index (χ1n) is 12.0. The van der Waals surface area contributed by atoms with Crippen molar-refractivity contribution in [1.29, 1.82) is 5.41 Å². The van der Waals surface area contributed by atoms with Gasteiger partial charge in [-0.25, -0.2) is 18.2 Å². The SMILES string of the molecule is N=C(N)NCCCCNC(=O)c1ncc(C[C@H](NC(=O)[C@@H]2CCCN2S(=O)(=O)c2ccccc2)C(=O)O)s1. The molecule has 2 heterocycles. The molecule has 0 bridgehead atoms. The van der Waals surface area contributed by atoms with Crippen molar-refractivity contribution >= 4 is 45.1 Å². The molecule has 7 N–H and O–H groups in total.